The molecule has 0 saturated carbocycles. The topological polar surface area (TPSA) is 52.6 Å². The van der Waals surface area contributed by atoms with Gasteiger partial charge in [-0.3, -0.25) is 9.69 Å². The first-order valence-corrected chi connectivity index (χ1v) is 12.0. The number of imide groups is 1. The van der Waals surface area contributed by atoms with Crippen LogP contribution in [0.4, 0.5) is 4.79 Å². The minimum atomic E-state index is -0.980. The number of hydrogen-bond acceptors (Lipinski definition) is 4. The molecule has 0 unspecified atom stereocenters. The summed E-state index contributed by atoms with van der Waals surface area (Å²) in [5, 5.41) is 5.22. The molecule has 0 bridgehead atoms. The van der Waals surface area contributed by atoms with Crippen molar-refractivity contribution in [3.05, 3.63) is 93.7 Å². The fourth-order valence-corrected chi connectivity index (χ4v) is 5.89. The molecule has 1 saturated heterocycles. The van der Waals surface area contributed by atoms with Crippen molar-refractivity contribution >= 4 is 23.3 Å². The summed E-state index contributed by atoms with van der Waals surface area (Å²) in [6.45, 7) is 3.31. The van der Waals surface area contributed by atoms with Crippen molar-refractivity contribution in [2.24, 2.45) is 0 Å². The van der Waals surface area contributed by atoms with Crippen LogP contribution < -0.4 is 5.32 Å². The average molecular weight is 446 g/mol. The van der Waals surface area contributed by atoms with E-state index < -0.39 is 5.54 Å². The maximum absolute atomic E-state index is 13.8. The molecule has 0 radical (unpaired) electrons. The Bertz CT molecular complexity index is 1070. The van der Waals surface area contributed by atoms with E-state index in [0.29, 0.717) is 19.5 Å². The predicted molar refractivity (Wildman–Crippen MR) is 126 cm³/mol. The minimum Gasteiger partial charge on any atom is -0.322 e. The van der Waals surface area contributed by atoms with Crippen molar-refractivity contribution in [3.8, 4) is 0 Å². The van der Waals surface area contributed by atoms with Gasteiger partial charge in [0.2, 0.25) is 0 Å². The normalized spacial score (nSPS) is 20.3. The maximum Gasteiger partial charge on any atom is 0.326 e. The summed E-state index contributed by atoms with van der Waals surface area (Å²) in [7, 11) is 0. The van der Waals surface area contributed by atoms with Crippen molar-refractivity contribution < 1.29 is 9.59 Å². The van der Waals surface area contributed by atoms with Gasteiger partial charge in [-0.1, -0.05) is 60.7 Å². The summed E-state index contributed by atoms with van der Waals surface area (Å²) in [5.74, 6) is -0.140. The summed E-state index contributed by atoms with van der Waals surface area (Å²) in [5.41, 5.74) is 2.40. The number of benzene rings is 2. The molecule has 1 atom stereocenters. The molecule has 164 valence electrons. The molecule has 3 aromatic rings. The highest BCUT2D eigenvalue weighted by molar-refractivity contribution is 7.10. The largest absolute Gasteiger partial charge is 0.326 e. The summed E-state index contributed by atoms with van der Waals surface area (Å²) in [6.07, 6.45) is 1.89. The molecule has 1 fully saturated rings. The lowest BCUT2D eigenvalue weighted by molar-refractivity contribution is -0.133. The average Bonchev–Trinajstić information content (AvgIpc) is 3.36. The van der Waals surface area contributed by atoms with Crippen LogP contribution in [0.2, 0.25) is 0 Å². The van der Waals surface area contributed by atoms with Crippen molar-refractivity contribution in [2.45, 2.75) is 37.8 Å². The number of fused-ring (bicyclic) bond motifs is 1. The number of nitrogens with zero attached hydrogens (tertiary/aromatic N) is 2. The molecule has 0 aliphatic carbocycles. The van der Waals surface area contributed by atoms with Crippen LogP contribution in [0.25, 0.3) is 0 Å². The first kappa shape index (κ1) is 20.9. The van der Waals surface area contributed by atoms with Crippen LogP contribution >= 0.6 is 11.3 Å². The van der Waals surface area contributed by atoms with E-state index in [-0.39, 0.29) is 18.0 Å². The number of thiophene rings is 1. The van der Waals surface area contributed by atoms with Gasteiger partial charge in [0.05, 0.1) is 6.67 Å². The Kier molecular flexibility index (Phi) is 5.57. The number of nitrogens with one attached hydrogen (secondary N) is 1. The molecule has 2 aliphatic rings. The summed E-state index contributed by atoms with van der Waals surface area (Å²) in [6, 6.07) is 21.9. The van der Waals surface area contributed by atoms with Gasteiger partial charge in [-0.25, -0.2) is 9.69 Å². The highest BCUT2D eigenvalue weighted by Crippen LogP contribution is 2.34. The number of urea groups is 1. The maximum atomic E-state index is 13.8. The van der Waals surface area contributed by atoms with Crippen LogP contribution in [-0.2, 0) is 24.1 Å². The van der Waals surface area contributed by atoms with Gasteiger partial charge in [0.25, 0.3) is 5.91 Å². The third kappa shape index (κ3) is 3.85. The summed E-state index contributed by atoms with van der Waals surface area (Å²) >= 11 is 1.79. The number of carbonyl (C=O) groups excluding carboxylic acids is 2. The van der Waals surface area contributed by atoms with Crippen molar-refractivity contribution in [3.63, 3.8) is 0 Å². The van der Waals surface area contributed by atoms with Crippen molar-refractivity contribution in [1.29, 1.82) is 0 Å². The second kappa shape index (κ2) is 8.52. The molecule has 6 heteroatoms. The van der Waals surface area contributed by atoms with Crippen LogP contribution in [0.3, 0.4) is 0 Å². The van der Waals surface area contributed by atoms with Gasteiger partial charge in [0, 0.05) is 30.3 Å². The predicted octanol–water partition coefficient (Wildman–Crippen LogP) is 4.40. The number of rotatable bonds is 6. The van der Waals surface area contributed by atoms with E-state index >= 15 is 0 Å². The van der Waals surface area contributed by atoms with Gasteiger partial charge in [-0.2, -0.15) is 0 Å². The Hall–Kier alpha value is -2.96. The van der Waals surface area contributed by atoms with E-state index in [9.17, 15) is 9.59 Å². The quantitative estimate of drug-likeness (QED) is 0.572. The van der Waals surface area contributed by atoms with Gasteiger partial charge >= 0.3 is 6.03 Å². The smallest absolute Gasteiger partial charge is 0.322 e. The zero-order valence-electron chi connectivity index (χ0n) is 18.2. The zero-order chi connectivity index (χ0) is 22.1. The minimum absolute atomic E-state index is 0.140. The van der Waals surface area contributed by atoms with E-state index in [2.05, 4.69) is 28.6 Å². The molecular formula is C26H27N3O2S. The molecule has 3 heterocycles. The van der Waals surface area contributed by atoms with Gasteiger partial charge in [0.15, 0.2) is 0 Å². The number of carbonyl (C=O) groups is 2. The molecule has 0 spiro atoms. The fraction of sp³-hybridized carbons (Fsp3) is 0.308. The second-order valence-electron chi connectivity index (χ2n) is 8.75. The standard InChI is InChI=1S/C26H27N3O2S/c1-19-22-13-15-32-23(22)12-14-28(19)18-29-24(30)26(27-25(29)31,16-20-8-4-2-5-9-20)17-21-10-6-3-7-11-21/h2-11,13,15,19H,12,14,16-18H2,1H3,(H,27,31)/t19-/m1/s1. The Labute approximate surface area is 192 Å². The van der Waals surface area contributed by atoms with Crippen LogP contribution in [0.15, 0.2) is 72.1 Å². The third-order valence-electron chi connectivity index (χ3n) is 6.67. The lowest BCUT2D eigenvalue weighted by Gasteiger charge is -2.35. The van der Waals surface area contributed by atoms with Crippen LogP contribution in [0.5, 0.6) is 0 Å². The molecule has 2 aromatic carbocycles. The van der Waals surface area contributed by atoms with E-state index in [0.717, 1.165) is 24.1 Å². The Morgan fingerprint density at radius 2 is 1.59 bits per heavy atom. The van der Waals surface area contributed by atoms with Crippen molar-refractivity contribution in [1.82, 2.24) is 15.1 Å². The van der Waals surface area contributed by atoms with Gasteiger partial charge < -0.3 is 5.32 Å². The molecular weight excluding hydrogens is 418 g/mol. The molecule has 1 aromatic heterocycles. The van der Waals surface area contributed by atoms with E-state index in [1.165, 1.54) is 15.3 Å². The highest BCUT2D eigenvalue weighted by atomic mass is 32.1. The van der Waals surface area contributed by atoms with Crippen molar-refractivity contribution in [2.75, 3.05) is 13.2 Å². The lowest BCUT2D eigenvalue weighted by atomic mass is 9.84. The molecule has 32 heavy (non-hydrogen) atoms. The third-order valence-corrected chi connectivity index (χ3v) is 7.67. The first-order valence-electron chi connectivity index (χ1n) is 11.1. The Morgan fingerprint density at radius 3 is 2.22 bits per heavy atom. The Balaban J connectivity index is 1.42. The SMILES string of the molecule is C[C@@H]1c2ccsc2CCN1CN1C(=O)NC(Cc2ccccc2)(Cc2ccccc2)C1=O. The zero-order valence-corrected chi connectivity index (χ0v) is 19.0. The van der Waals surface area contributed by atoms with Gasteiger partial charge in [-0.15, -0.1) is 11.3 Å². The van der Waals surface area contributed by atoms with Crippen LogP contribution in [0, 0.1) is 0 Å². The summed E-state index contributed by atoms with van der Waals surface area (Å²) < 4.78 is 0. The van der Waals surface area contributed by atoms with Gasteiger partial charge in [0.1, 0.15) is 5.54 Å². The second-order valence-corrected chi connectivity index (χ2v) is 9.75. The van der Waals surface area contributed by atoms with Gasteiger partial charge in [-0.05, 0) is 41.5 Å². The van der Waals surface area contributed by atoms with Crippen LogP contribution in [0.1, 0.15) is 34.5 Å². The van der Waals surface area contributed by atoms with Crippen LogP contribution in [-0.4, -0.2) is 40.5 Å². The number of amides is 3. The Morgan fingerprint density at radius 1 is 0.969 bits per heavy atom. The van der Waals surface area contributed by atoms with E-state index in [4.69, 9.17) is 0 Å². The molecule has 3 amide bonds. The molecule has 5 rings (SSSR count). The molecule has 1 N–H and O–H groups in total. The first-order chi connectivity index (χ1) is 15.6. The molecule has 5 nitrogen and oxygen atoms in total. The fourth-order valence-electron chi connectivity index (χ4n) is 4.93. The van der Waals surface area contributed by atoms with E-state index in [1.54, 1.807) is 11.3 Å². The monoisotopic (exact) mass is 445 g/mol. The highest BCUT2D eigenvalue weighted by Gasteiger charge is 2.51. The lowest BCUT2D eigenvalue weighted by Crippen LogP contribution is -2.51. The molecule has 2 aliphatic heterocycles. The number of hydrogen-bond donors (Lipinski definition) is 1. The summed E-state index contributed by atoms with van der Waals surface area (Å²) in [4.78, 5) is 32.0. The van der Waals surface area contributed by atoms with E-state index in [1.807, 2.05) is 60.7 Å².